The maximum atomic E-state index is 11.7. The van der Waals surface area contributed by atoms with Gasteiger partial charge in [0.2, 0.25) is 5.91 Å². The van der Waals surface area contributed by atoms with Crippen molar-refractivity contribution in [2.45, 2.75) is 20.3 Å². The van der Waals surface area contributed by atoms with Crippen molar-refractivity contribution < 1.29 is 4.79 Å². The molecule has 3 heteroatoms. The van der Waals surface area contributed by atoms with Crippen molar-refractivity contribution in [2.75, 3.05) is 5.01 Å². The van der Waals surface area contributed by atoms with Gasteiger partial charge in [-0.15, -0.1) is 0 Å². The number of para-hydroxylation sites is 1. The molecule has 3 nitrogen and oxygen atoms in total. The second-order valence-corrected chi connectivity index (χ2v) is 4.40. The fourth-order valence-corrected chi connectivity index (χ4v) is 1.75. The summed E-state index contributed by atoms with van der Waals surface area (Å²) in [5.41, 5.74) is 5.99. The van der Waals surface area contributed by atoms with E-state index in [1.165, 1.54) is 5.56 Å². The average Bonchev–Trinajstić information content (AvgIpc) is 2.46. The number of aryl methyl sites for hydroxylation is 1. The summed E-state index contributed by atoms with van der Waals surface area (Å²) in [5.74, 6) is -0.00979. The first-order valence-electron chi connectivity index (χ1n) is 6.42. The monoisotopic (exact) mass is 254 g/mol. The molecule has 2 rings (SSSR count). The van der Waals surface area contributed by atoms with E-state index in [1.54, 1.807) is 0 Å². The molecule has 0 aliphatic heterocycles. The Morgan fingerprint density at radius 1 is 1.00 bits per heavy atom. The lowest BCUT2D eigenvalue weighted by Crippen LogP contribution is -2.38. The molecule has 2 aromatic rings. The van der Waals surface area contributed by atoms with Crippen molar-refractivity contribution in [3.8, 4) is 0 Å². The molecule has 2 aromatic carbocycles. The van der Waals surface area contributed by atoms with E-state index in [-0.39, 0.29) is 5.91 Å². The van der Waals surface area contributed by atoms with Crippen LogP contribution in [0.1, 0.15) is 18.9 Å². The summed E-state index contributed by atoms with van der Waals surface area (Å²) in [4.78, 5) is 11.7. The van der Waals surface area contributed by atoms with Crippen LogP contribution in [0.4, 0.5) is 11.4 Å². The number of hydrazine groups is 1. The number of hydrogen-bond acceptors (Lipinski definition) is 2. The van der Waals surface area contributed by atoms with Crippen LogP contribution in [-0.2, 0) is 4.79 Å². The maximum Gasteiger partial charge on any atom is 0.238 e. The highest BCUT2D eigenvalue weighted by Crippen LogP contribution is 2.23. The first kappa shape index (κ1) is 13.1. The van der Waals surface area contributed by atoms with Crippen molar-refractivity contribution in [1.29, 1.82) is 0 Å². The van der Waals surface area contributed by atoms with Crippen LogP contribution in [0.2, 0.25) is 0 Å². The molecule has 0 heterocycles. The molecule has 0 unspecified atom stereocenters. The minimum absolute atomic E-state index is 0.00979. The fraction of sp³-hybridized carbons (Fsp3) is 0.188. The number of rotatable bonds is 4. The van der Waals surface area contributed by atoms with Gasteiger partial charge in [-0.05, 0) is 31.2 Å². The van der Waals surface area contributed by atoms with Crippen LogP contribution in [0.3, 0.4) is 0 Å². The third kappa shape index (κ3) is 3.35. The number of nitrogens with zero attached hydrogens (tertiary/aromatic N) is 1. The molecule has 0 aliphatic carbocycles. The topological polar surface area (TPSA) is 32.3 Å². The van der Waals surface area contributed by atoms with Crippen LogP contribution in [0.15, 0.2) is 54.6 Å². The molecule has 0 radical (unpaired) electrons. The summed E-state index contributed by atoms with van der Waals surface area (Å²) in [6.45, 7) is 3.88. The first-order valence-corrected chi connectivity index (χ1v) is 6.42. The van der Waals surface area contributed by atoms with Gasteiger partial charge in [0.15, 0.2) is 0 Å². The predicted molar refractivity (Wildman–Crippen MR) is 78.2 cm³/mol. The summed E-state index contributed by atoms with van der Waals surface area (Å²) < 4.78 is 0. The lowest BCUT2D eigenvalue weighted by molar-refractivity contribution is -0.120. The van der Waals surface area contributed by atoms with Gasteiger partial charge in [-0.25, -0.2) is 0 Å². The molecule has 98 valence electrons. The molecule has 19 heavy (non-hydrogen) atoms. The molecular weight excluding hydrogens is 236 g/mol. The van der Waals surface area contributed by atoms with Gasteiger partial charge in [-0.3, -0.25) is 15.2 Å². The quantitative estimate of drug-likeness (QED) is 0.846. The Balaban J connectivity index is 2.34. The number of amides is 1. The first-order chi connectivity index (χ1) is 9.20. The molecular formula is C16H18N2O. The zero-order valence-corrected chi connectivity index (χ0v) is 11.3. The minimum Gasteiger partial charge on any atom is -0.273 e. The summed E-state index contributed by atoms with van der Waals surface area (Å²) in [5, 5.41) is 1.81. The summed E-state index contributed by atoms with van der Waals surface area (Å²) >= 11 is 0. The molecule has 1 N–H and O–H groups in total. The number of carbonyl (C=O) groups excluding carboxylic acids is 1. The number of anilines is 2. The highest BCUT2D eigenvalue weighted by atomic mass is 16.2. The van der Waals surface area contributed by atoms with Gasteiger partial charge in [0, 0.05) is 6.42 Å². The normalized spacial score (nSPS) is 10.0. The molecule has 0 aromatic heterocycles. The molecule has 0 fully saturated rings. The number of nitrogens with one attached hydrogen (secondary N) is 1. The van der Waals surface area contributed by atoms with Gasteiger partial charge < -0.3 is 0 Å². The smallest absolute Gasteiger partial charge is 0.238 e. The van der Waals surface area contributed by atoms with E-state index in [4.69, 9.17) is 0 Å². The number of hydrogen-bond donors (Lipinski definition) is 1. The highest BCUT2D eigenvalue weighted by molar-refractivity contribution is 5.80. The van der Waals surface area contributed by atoms with E-state index in [2.05, 4.69) is 5.43 Å². The highest BCUT2D eigenvalue weighted by Gasteiger charge is 2.11. The van der Waals surface area contributed by atoms with Crippen LogP contribution in [0.5, 0.6) is 0 Å². The van der Waals surface area contributed by atoms with Crippen LogP contribution in [0.25, 0.3) is 0 Å². The van der Waals surface area contributed by atoms with Crippen LogP contribution in [-0.4, -0.2) is 5.91 Å². The van der Waals surface area contributed by atoms with E-state index in [9.17, 15) is 4.79 Å². The molecule has 0 saturated heterocycles. The van der Waals surface area contributed by atoms with Crippen LogP contribution >= 0.6 is 0 Å². The second-order valence-electron chi connectivity index (χ2n) is 4.40. The van der Waals surface area contributed by atoms with Crippen molar-refractivity contribution in [3.05, 3.63) is 60.2 Å². The molecule has 0 bridgehead atoms. The Morgan fingerprint density at radius 2 is 1.58 bits per heavy atom. The van der Waals surface area contributed by atoms with Gasteiger partial charge in [-0.2, -0.15) is 0 Å². The maximum absolute atomic E-state index is 11.7. The van der Waals surface area contributed by atoms with Crippen molar-refractivity contribution in [1.82, 2.24) is 5.43 Å². The van der Waals surface area contributed by atoms with E-state index >= 15 is 0 Å². The van der Waals surface area contributed by atoms with Crippen molar-refractivity contribution >= 4 is 17.3 Å². The molecule has 0 spiro atoms. The minimum atomic E-state index is -0.00979. The van der Waals surface area contributed by atoms with E-state index in [0.717, 1.165) is 11.4 Å². The van der Waals surface area contributed by atoms with Gasteiger partial charge in [-0.1, -0.05) is 42.8 Å². The van der Waals surface area contributed by atoms with E-state index in [1.807, 2.05) is 73.5 Å². The summed E-state index contributed by atoms with van der Waals surface area (Å²) in [6.07, 6.45) is 0.454. The SMILES string of the molecule is CCC(=O)NN(c1ccccc1)c1ccc(C)cc1. The standard InChI is InChI=1S/C16H18N2O/c1-3-16(19)17-18(14-7-5-4-6-8-14)15-11-9-13(2)10-12-15/h4-12H,3H2,1-2H3,(H,17,19). The number of benzene rings is 2. The lowest BCUT2D eigenvalue weighted by Gasteiger charge is -2.25. The van der Waals surface area contributed by atoms with Gasteiger partial charge in [0.25, 0.3) is 0 Å². The van der Waals surface area contributed by atoms with Gasteiger partial charge in [0.05, 0.1) is 11.4 Å². The van der Waals surface area contributed by atoms with Gasteiger partial charge in [0.1, 0.15) is 0 Å². The van der Waals surface area contributed by atoms with Crippen LogP contribution < -0.4 is 10.4 Å². The van der Waals surface area contributed by atoms with E-state index < -0.39 is 0 Å². The Bertz CT molecular complexity index is 534. The fourth-order valence-electron chi connectivity index (χ4n) is 1.75. The Hall–Kier alpha value is -2.29. The Morgan fingerprint density at radius 3 is 2.16 bits per heavy atom. The van der Waals surface area contributed by atoms with Gasteiger partial charge >= 0.3 is 0 Å². The molecule has 0 atom stereocenters. The zero-order valence-electron chi connectivity index (χ0n) is 11.3. The molecule has 0 aliphatic rings. The third-order valence-electron chi connectivity index (χ3n) is 2.86. The average molecular weight is 254 g/mol. The summed E-state index contributed by atoms with van der Waals surface area (Å²) in [6, 6.07) is 17.9. The lowest BCUT2D eigenvalue weighted by atomic mass is 10.2. The van der Waals surface area contributed by atoms with Crippen LogP contribution in [0, 0.1) is 6.92 Å². The Labute approximate surface area is 113 Å². The third-order valence-corrected chi connectivity index (χ3v) is 2.86. The largest absolute Gasteiger partial charge is 0.273 e. The molecule has 1 amide bonds. The number of carbonyl (C=O) groups is 1. The van der Waals surface area contributed by atoms with Crippen molar-refractivity contribution in [2.24, 2.45) is 0 Å². The molecule has 0 saturated carbocycles. The zero-order chi connectivity index (χ0) is 13.7. The predicted octanol–water partition coefficient (Wildman–Crippen LogP) is 3.57. The Kier molecular flexibility index (Phi) is 4.18. The van der Waals surface area contributed by atoms with E-state index in [0.29, 0.717) is 6.42 Å². The summed E-state index contributed by atoms with van der Waals surface area (Å²) in [7, 11) is 0. The van der Waals surface area contributed by atoms with Crippen molar-refractivity contribution in [3.63, 3.8) is 0 Å². The second kappa shape index (κ2) is 6.05.